The standard InChI is InChI=1S/C20H22N6O3/c1-2-23-19(28)14(12-21)11-15-18(25-9-6-13(7-10-25)17(22)27)24-16-5-3-4-8-26(16)20(15)29/h3-5,8,11,13H,2,6-7,9-10H2,1H3,(H2,22,27)(H,23,28). The third-order valence-corrected chi connectivity index (χ3v) is 4.94. The number of carbonyl (C=O) groups is 2. The third-order valence-electron chi connectivity index (χ3n) is 4.94. The summed E-state index contributed by atoms with van der Waals surface area (Å²) < 4.78 is 1.37. The van der Waals surface area contributed by atoms with Crippen molar-refractivity contribution in [3.8, 4) is 6.07 Å². The zero-order chi connectivity index (χ0) is 21.0. The van der Waals surface area contributed by atoms with Crippen LogP contribution in [-0.4, -0.2) is 40.8 Å². The van der Waals surface area contributed by atoms with Gasteiger partial charge in [-0.05, 0) is 38.0 Å². The van der Waals surface area contributed by atoms with E-state index in [1.165, 1.54) is 10.5 Å². The van der Waals surface area contributed by atoms with Crippen molar-refractivity contribution in [3.63, 3.8) is 0 Å². The molecule has 2 aromatic rings. The van der Waals surface area contributed by atoms with E-state index in [4.69, 9.17) is 5.73 Å². The predicted molar refractivity (Wildman–Crippen MR) is 108 cm³/mol. The fourth-order valence-electron chi connectivity index (χ4n) is 3.38. The van der Waals surface area contributed by atoms with Crippen LogP contribution in [0.2, 0.25) is 0 Å². The Labute approximate surface area is 167 Å². The van der Waals surface area contributed by atoms with Gasteiger partial charge in [0.05, 0.1) is 5.56 Å². The normalized spacial score (nSPS) is 15.2. The van der Waals surface area contributed by atoms with Crippen LogP contribution < -0.4 is 21.5 Å². The maximum absolute atomic E-state index is 13.1. The van der Waals surface area contributed by atoms with Gasteiger partial charge in [-0.25, -0.2) is 4.98 Å². The van der Waals surface area contributed by atoms with Gasteiger partial charge in [-0.1, -0.05) is 6.07 Å². The van der Waals surface area contributed by atoms with Crippen molar-refractivity contribution in [2.45, 2.75) is 19.8 Å². The minimum Gasteiger partial charge on any atom is -0.369 e. The Morgan fingerprint density at radius 1 is 1.38 bits per heavy atom. The number of primary amides is 1. The van der Waals surface area contributed by atoms with Gasteiger partial charge in [0.2, 0.25) is 5.91 Å². The number of hydrogen-bond donors (Lipinski definition) is 2. The van der Waals surface area contributed by atoms with E-state index in [1.54, 1.807) is 31.3 Å². The van der Waals surface area contributed by atoms with Gasteiger partial charge >= 0.3 is 0 Å². The molecule has 0 radical (unpaired) electrons. The smallest absolute Gasteiger partial charge is 0.267 e. The van der Waals surface area contributed by atoms with Crippen molar-refractivity contribution in [2.24, 2.45) is 11.7 Å². The first-order valence-corrected chi connectivity index (χ1v) is 9.42. The number of likely N-dealkylation sites (N-methyl/N-ethyl adjacent to an activating group) is 1. The van der Waals surface area contributed by atoms with Crippen LogP contribution in [0, 0.1) is 17.2 Å². The topological polar surface area (TPSA) is 134 Å². The van der Waals surface area contributed by atoms with Crippen molar-refractivity contribution in [1.29, 1.82) is 5.26 Å². The predicted octanol–water partition coefficient (Wildman–Crippen LogP) is 0.439. The Morgan fingerprint density at radius 2 is 2.10 bits per heavy atom. The number of pyridine rings is 1. The molecule has 29 heavy (non-hydrogen) atoms. The van der Waals surface area contributed by atoms with Gasteiger partial charge < -0.3 is 16.0 Å². The number of nitrogens with one attached hydrogen (secondary N) is 1. The molecule has 0 aromatic carbocycles. The van der Waals surface area contributed by atoms with E-state index in [2.05, 4.69) is 10.3 Å². The number of nitrogens with zero attached hydrogens (tertiary/aromatic N) is 4. The highest BCUT2D eigenvalue weighted by Crippen LogP contribution is 2.25. The number of piperidine rings is 1. The van der Waals surface area contributed by atoms with Crippen LogP contribution in [0.3, 0.4) is 0 Å². The summed E-state index contributed by atoms with van der Waals surface area (Å²) >= 11 is 0. The highest BCUT2D eigenvalue weighted by atomic mass is 16.2. The molecule has 9 nitrogen and oxygen atoms in total. The summed E-state index contributed by atoms with van der Waals surface area (Å²) in [6.45, 7) is 3.09. The second kappa shape index (κ2) is 8.56. The number of carbonyl (C=O) groups excluding carboxylic acids is 2. The first kappa shape index (κ1) is 20.1. The summed E-state index contributed by atoms with van der Waals surface area (Å²) in [5.74, 6) is -0.705. The molecule has 3 heterocycles. The minimum atomic E-state index is -0.550. The average molecular weight is 394 g/mol. The minimum absolute atomic E-state index is 0.161. The molecule has 3 N–H and O–H groups in total. The molecule has 0 aliphatic carbocycles. The van der Waals surface area contributed by atoms with Crippen LogP contribution in [-0.2, 0) is 9.59 Å². The molecule has 150 valence electrons. The number of fused-ring (bicyclic) bond motifs is 1. The molecule has 9 heteroatoms. The van der Waals surface area contributed by atoms with Gasteiger partial charge in [-0.3, -0.25) is 18.8 Å². The lowest BCUT2D eigenvalue weighted by atomic mass is 9.96. The van der Waals surface area contributed by atoms with Gasteiger partial charge in [-0.15, -0.1) is 0 Å². The number of nitrogens with two attached hydrogens (primary N) is 1. The van der Waals surface area contributed by atoms with E-state index >= 15 is 0 Å². The highest BCUT2D eigenvalue weighted by Gasteiger charge is 2.26. The molecular formula is C20H22N6O3. The molecule has 1 saturated heterocycles. The van der Waals surface area contributed by atoms with Gasteiger partial charge in [0.1, 0.15) is 23.1 Å². The monoisotopic (exact) mass is 394 g/mol. The van der Waals surface area contributed by atoms with Crippen molar-refractivity contribution < 1.29 is 9.59 Å². The van der Waals surface area contributed by atoms with Crippen molar-refractivity contribution in [3.05, 3.63) is 45.9 Å². The molecule has 3 rings (SSSR count). The Balaban J connectivity index is 2.12. The molecule has 0 saturated carbocycles. The van der Waals surface area contributed by atoms with E-state index < -0.39 is 5.91 Å². The average Bonchev–Trinajstić information content (AvgIpc) is 2.73. The summed E-state index contributed by atoms with van der Waals surface area (Å²) in [4.78, 5) is 43.3. The van der Waals surface area contributed by atoms with Crippen LogP contribution in [0.4, 0.5) is 5.82 Å². The van der Waals surface area contributed by atoms with Crippen LogP contribution in [0.25, 0.3) is 11.7 Å². The summed E-state index contributed by atoms with van der Waals surface area (Å²) in [7, 11) is 0. The van der Waals surface area contributed by atoms with Crippen molar-refractivity contribution in [2.75, 3.05) is 24.5 Å². The highest BCUT2D eigenvalue weighted by molar-refractivity contribution is 6.02. The molecule has 2 aromatic heterocycles. The summed E-state index contributed by atoms with van der Waals surface area (Å²) in [6.07, 6.45) is 3.98. The second-order valence-electron chi connectivity index (χ2n) is 6.78. The Hall–Kier alpha value is -3.67. The van der Waals surface area contributed by atoms with Crippen LogP contribution in [0.5, 0.6) is 0 Å². The van der Waals surface area contributed by atoms with Gasteiger partial charge in [-0.2, -0.15) is 5.26 Å². The SMILES string of the molecule is CCNC(=O)C(C#N)=Cc1c(N2CCC(C(N)=O)CC2)nc2ccccn2c1=O. The van der Waals surface area contributed by atoms with E-state index in [9.17, 15) is 19.6 Å². The van der Waals surface area contributed by atoms with Crippen molar-refractivity contribution >= 4 is 29.4 Å². The number of anilines is 1. The first-order chi connectivity index (χ1) is 14.0. The lowest BCUT2D eigenvalue weighted by molar-refractivity contribution is -0.122. The lowest BCUT2D eigenvalue weighted by Gasteiger charge is -2.32. The quantitative estimate of drug-likeness (QED) is 0.558. The third kappa shape index (κ3) is 4.11. The maximum Gasteiger partial charge on any atom is 0.267 e. The zero-order valence-electron chi connectivity index (χ0n) is 16.1. The number of nitriles is 1. The number of rotatable bonds is 5. The number of aromatic nitrogens is 2. The molecular weight excluding hydrogens is 372 g/mol. The molecule has 0 atom stereocenters. The molecule has 0 unspecified atom stereocenters. The molecule has 2 amide bonds. The maximum atomic E-state index is 13.1. The van der Waals surface area contributed by atoms with Gasteiger partial charge in [0.15, 0.2) is 0 Å². The number of amides is 2. The van der Waals surface area contributed by atoms with E-state index in [0.717, 1.165) is 0 Å². The van der Waals surface area contributed by atoms with E-state index in [1.807, 2.05) is 11.0 Å². The fraction of sp³-hybridized carbons (Fsp3) is 0.350. The Bertz CT molecular complexity index is 1070. The molecule has 1 aliphatic rings. The first-order valence-electron chi connectivity index (χ1n) is 9.42. The zero-order valence-corrected chi connectivity index (χ0v) is 16.1. The Morgan fingerprint density at radius 3 is 2.72 bits per heavy atom. The summed E-state index contributed by atoms with van der Waals surface area (Å²) in [6, 6.07) is 7.05. The lowest BCUT2D eigenvalue weighted by Crippen LogP contribution is -2.40. The fourth-order valence-corrected chi connectivity index (χ4v) is 3.38. The molecule has 0 bridgehead atoms. The Kier molecular flexibility index (Phi) is 5.93. The molecule has 1 fully saturated rings. The number of hydrogen-bond acceptors (Lipinski definition) is 6. The summed E-state index contributed by atoms with van der Waals surface area (Å²) in [5.41, 5.74) is 5.48. The van der Waals surface area contributed by atoms with Gasteiger partial charge in [0.25, 0.3) is 11.5 Å². The van der Waals surface area contributed by atoms with E-state index in [-0.39, 0.29) is 28.5 Å². The molecule has 1 aliphatic heterocycles. The van der Waals surface area contributed by atoms with Crippen LogP contribution in [0.1, 0.15) is 25.3 Å². The second-order valence-corrected chi connectivity index (χ2v) is 6.78. The summed E-state index contributed by atoms with van der Waals surface area (Å²) in [5, 5.41) is 12.0. The van der Waals surface area contributed by atoms with Crippen molar-refractivity contribution in [1.82, 2.24) is 14.7 Å². The van der Waals surface area contributed by atoms with Crippen LogP contribution >= 0.6 is 0 Å². The molecule has 0 spiro atoms. The van der Waals surface area contributed by atoms with Gasteiger partial charge in [0, 0.05) is 31.7 Å². The largest absolute Gasteiger partial charge is 0.369 e. The van der Waals surface area contributed by atoms with E-state index in [0.29, 0.717) is 43.9 Å². The van der Waals surface area contributed by atoms with Crippen LogP contribution in [0.15, 0.2) is 34.8 Å².